The molecule has 1 aromatic carbocycles. The number of amides is 1. The molecule has 0 radical (unpaired) electrons. The van der Waals surface area contributed by atoms with Gasteiger partial charge in [-0.2, -0.15) is 0 Å². The zero-order valence-electron chi connectivity index (χ0n) is 11.5. The van der Waals surface area contributed by atoms with Crippen LogP contribution in [0.1, 0.15) is 23.7 Å². The third-order valence-corrected chi connectivity index (χ3v) is 3.59. The van der Waals surface area contributed by atoms with Crippen molar-refractivity contribution in [2.24, 2.45) is 5.14 Å². The van der Waals surface area contributed by atoms with Crippen molar-refractivity contribution in [1.29, 1.82) is 0 Å². The Morgan fingerprint density at radius 3 is 2.50 bits per heavy atom. The molecule has 0 aliphatic carbocycles. The molecule has 2 N–H and O–H groups in total. The molecule has 1 amide bonds. The monoisotopic (exact) mass is 304 g/mol. The van der Waals surface area contributed by atoms with Crippen LogP contribution in [0.2, 0.25) is 0 Å². The van der Waals surface area contributed by atoms with Crippen molar-refractivity contribution in [2.75, 3.05) is 20.7 Å². The number of nitrogens with two attached hydrogens (primary N) is 1. The number of rotatable bonds is 5. The Kier molecular flexibility index (Phi) is 5.07. The van der Waals surface area contributed by atoms with Crippen LogP contribution in [0.15, 0.2) is 17.0 Å². The lowest BCUT2D eigenvalue weighted by atomic mass is 10.2. The van der Waals surface area contributed by atoms with Gasteiger partial charge in [0.05, 0.1) is 7.11 Å². The quantitative estimate of drug-likeness (QED) is 0.877. The molecule has 6 nitrogen and oxygen atoms in total. The Hall–Kier alpha value is -1.67. The number of hydrogen-bond donors (Lipinski definition) is 1. The summed E-state index contributed by atoms with van der Waals surface area (Å²) in [6, 6.07) is 1.95. The molecule has 1 aromatic rings. The molecular weight excluding hydrogens is 287 g/mol. The number of hydrogen-bond acceptors (Lipinski definition) is 4. The lowest BCUT2D eigenvalue weighted by molar-refractivity contribution is 0.0794. The van der Waals surface area contributed by atoms with E-state index >= 15 is 0 Å². The molecular formula is C12H17FN2O4S. The maximum absolute atomic E-state index is 13.8. The Labute approximate surface area is 117 Å². The van der Waals surface area contributed by atoms with Crippen LogP contribution in [0.5, 0.6) is 5.75 Å². The topological polar surface area (TPSA) is 89.7 Å². The van der Waals surface area contributed by atoms with Crippen molar-refractivity contribution in [3.8, 4) is 5.75 Å². The van der Waals surface area contributed by atoms with Gasteiger partial charge in [-0.25, -0.2) is 17.9 Å². The summed E-state index contributed by atoms with van der Waals surface area (Å²) in [4.78, 5) is 12.9. The van der Waals surface area contributed by atoms with Crippen molar-refractivity contribution in [3.63, 3.8) is 0 Å². The predicted molar refractivity (Wildman–Crippen MR) is 71.6 cm³/mol. The van der Waals surface area contributed by atoms with Crippen LogP contribution in [0.4, 0.5) is 4.39 Å². The molecule has 0 heterocycles. The fourth-order valence-corrected chi connectivity index (χ4v) is 2.49. The minimum atomic E-state index is -4.20. The van der Waals surface area contributed by atoms with Crippen LogP contribution in [0.25, 0.3) is 0 Å². The summed E-state index contributed by atoms with van der Waals surface area (Å²) in [6.07, 6.45) is 0.725. The molecule has 0 saturated carbocycles. The molecule has 1 rings (SSSR count). The zero-order chi connectivity index (χ0) is 15.5. The first-order valence-electron chi connectivity index (χ1n) is 5.88. The smallest absolute Gasteiger partial charge is 0.253 e. The lowest BCUT2D eigenvalue weighted by Gasteiger charge is -2.17. The van der Waals surface area contributed by atoms with Gasteiger partial charge < -0.3 is 9.64 Å². The van der Waals surface area contributed by atoms with Crippen molar-refractivity contribution in [3.05, 3.63) is 23.5 Å². The van der Waals surface area contributed by atoms with E-state index in [0.717, 1.165) is 25.7 Å². The zero-order valence-corrected chi connectivity index (χ0v) is 12.3. The van der Waals surface area contributed by atoms with E-state index in [2.05, 4.69) is 4.74 Å². The molecule has 0 atom stereocenters. The van der Waals surface area contributed by atoms with Crippen LogP contribution in [-0.4, -0.2) is 39.9 Å². The number of nitrogens with zero attached hydrogens (tertiary/aromatic N) is 1. The largest absolute Gasteiger partial charge is 0.492 e. The first-order valence-corrected chi connectivity index (χ1v) is 7.42. The number of sulfonamides is 1. The summed E-state index contributed by atoms with van der Waals surface area (Å²) in [5.74, 6) is -1.94. The third kappa shape index (κ3) is 3.45. The van der Waals surface area contributed by atoms with Crippen molar-refractivity contribution in [2.45, 2.75) is 18.2 Å². The first kappa shape index (κ1) is 16.4. The van der Waals surface area contributed by atoms with E-state index < -0.39 is 32.4 Å². The van der Waals surface area contributed by atoms with Gasteiger partial charge in [0, 0.05) is 19.2 Å². The molecule has 8 heteroatoms. The molecule has 0 aliphatic rings. The molecule has 112 valence electrons. The molecule has 0 spiro atoms. The number of carbonyl (C=O) groups is 1. The second-order valence-corrected chi connectivity index (χ2v) is 5.79. The van der Waals surface area contributed by atoms with Gasteiger partial charge in [0.2, 0.25) is 10.0 Å². The molecule has 20 heavy (non-hydrogen) atoms. The number of halogens is 1. The summed E-state index contributed by atoms with van der Waals surface area (Å²) in [5, 5.41) is 5.01. The lowest BCUT2D eigenvalue weighted by Crippen LogP contribution is -2.28. The van der Waals surface area contributed by atoms with Gasteiger partial charge in [0.25, 0.3) is 5.91 Å². The minimum absolute atomic E-state index is 0.0942. The fraction of sp³-hybridized carbons (Fsp3) is 0.417. The summed E-state index contributed by atoms with van der Waals surface area (Å²) >= 11 is 0. The summed E-state index contributed by atoms with van der Waals surface area (Å²) < 4.78 is 41.4. The van der Waals surface area contributed by atoms with Crippen LogP contribution >= 0.6 is 0 Å². The summed E-state index contributed by atoms with van der Waals surface area (Å²) in [6.45, 7) is 2.35. The van der Waals surface area contributed by atoms with Gasteiger partial charge in [0.15, 0.2) is 11.6 Å². The molecule has 0 saturated heterocycles. The van der Waals surface area contributed by atoms with Crippen LogP contribution in [0.3, 0.4) is 0 Å². The van der Waals surface area contributed by atoms with Crippen LogP contribution in [0, 0.1) is 5.82 Å². The van der Waals surface area contributed by atoms with E-state index in [0.29, 0.717) is 6.54 Å². The average Bonchev–Trinajstić information content (AvgIpc) is 2.36. The Morgan fingerprint density at radius 2 is 2.05 bits per heavy atom. The number of methoxy groups -OCH3 is 1. The van der Waals surface area contributed by atoms with Crippen molar-refractivity contribution in [1.82, 2.24) is 4.90 Å². The maximum Gasteiger partial charge on any atom is 0.253 e. The van der Waals surface area contributed by atoms with Crippen molar-refractivity contribution < 1.29 is 22.3 Å². The highest BCUT2D eigenvalue weighted by molar-refractivity contribution is 7.89. The molecule has 0 unspecified atom stereocenters. The SMILES string of the molecule is CCCN(C)C(=O)c1cc(F)c(OC)c(S(N)(=O)=O)c1. The predicted octanol–water partition coefficient (Wildman–Crippen LogP) is 0.964. The molecule has 0 aromatic heterocycles. The third-order valence-electron chi connectivity index (χ3n) is 2.67. The van der Waals surface area contributed by atoms with Gasteiger partial charge in [-0.05, 0) is 18.6 Å². The normalized spacial score (nSPS) is 11.2. The Balaban J connectivity index is 3.39. The number of benzene rings is 1. The maximum atomic E-state index is 13.8. The van der Waals surface area contributed by atoms with E-state index in [1.807, 2.05) is 6.92 Å². The van der Waals surface area contributed by atoms with E-state index in [4.69, 9.17) is 5.14 Å². The van der Waals surface area contributed by atoms with E-state index in [1.165, 1.54) is 4.90 Å². The van der Waals surface area contributed by atoms with E-state index in [9.17, 15) is 17.6 Å². The number of carbonyl (C=O) groups excluding carboxylic acids is 1. The van der Waals surface area contributed by atoms with Crippen molar-refractivity contribution >= 4 is 15.9 Å². The second kappa shape index (κ2) is 6.19. The van der Waals surface area contributed by atoms with Crippen LogP contribution in [-0.2, 0) is 10.0 Å². The van der Waals surface area contributed by atoms with Crippen LogP contribution < -0.4 is 9.88 Å². The van der Waals surface area contributed by atoms with Gasteiger partial charge in [0.1, 0.15) is 4.90 Å². The molecule has 0 aliphatic heterocycles. The van der Waals surface area contributed by atoms with E-state index in [-0.39, 0.29) is 5.56 Å². The molecule has 0 bridgehead atoms. The Bertz CT molecular complexity index is 616. The van der Waals surface area contributed by atoms with Gasteiger partial charge >= 0.3 is 0 Å². The second-order valence-electron chi connectivity index (χ2n) is 4.26. The minimum Gasteiger partial charge on any atom is -0.492 e. The highest BCUT2D eigenvalue weighted by atomic mass is 32.2. The standard InChI is InChI=1S/C12H17FN2O4S/c1-4-5-15(2)12(16)8-6-9(13)11(19-3)10(7-8)20(14,17)18/h6-7H,4-5H2,1-3H3,(H2,14,17,18). The van der Waals surface area contributed by atoms with Gasteiger partial charge in [-0.15, -0.1) is 0 Å². The van der Waals surface area contributed by atoms with E-state index in [1.54, 1.807) is 7.05 Å². The van der Waals surface area contributed by atoms with Gasteiger partial charge in [-0.1, -0.05) is 6.92 Å². The fourth-order valence-electron chi connectivity index (χ4n) is 1.76. The summed E-state index contributed by atoms with van der Waals surface area (Å²) in [7, 11) is -1.53. The average molecular weight is 304 g/mol. The number of ether oxygens (including phenoxy) is 1. The highest BCUT2D eigenvalue weighted by Gasteiger charge is 2.23. The molecule has 0 fully saturated rings. The highest BCUT2D eigenvalue weighted by Crippen LogP contribution is 2.28. The Morgan fingerprint density at radius 1 is 1.45 bits per heavy atom. The summed E-state index contributed by atoms with van der Waals surface area (Å²) in [5.41, 5.74) is -0.0942. The number of primary sulfonamides is 1. The first-order chi connectivity index (χ1) is 9.22. The van der Waals surface area contributed by atoms with Gasteiger partial charge in [-0.3, -0.25) is 4.79 Å².